The van der Waals surface area contributed by atoms with Crippen molar-refractivity contribution >= 4 is 15.9 Å². The minimum absolute atomic E-state index is 0.436. The highest BCUT2D eigenvalue weighted by Gasteiger charge is 2.40. The molecule has 0 aliphatic heterocycles. The van der Waals surface area contributed by atoms with Crippen LogP contribution >= 0.6 is 15.9 Å². The number of hydrogen-bond donors (Lipinski definition) is 1. The van der Waals surface area contributed by atoms with Crippen LogP contribution in [0, 0.1) is 17.8 Å². The number of rotatable bonds is 3. The van der Waals surface area contributed by atoms with Gasteiger partial charge in [0.1, 0.15) is 11.9 Å². The zero-order valence-corrected chi connectivity index (χ0v) is 10.8. The molecule has 3 rings (SSSR count). The monoisotopic (exact) mass is 284 g/mol. The summed E-state index contributed by atoms with van der Waals surface area (Å²) >= 11 is 3.40. The average molecular weight is 285 g/mol. The maximum Gasteiger partial charge on any atom is 0.146 e. The molecule has 2 bridgehead atoms. The van der Waals surface area contributed by atoms with Gasteiger partial charge < -0.3 is 9.52 Å². The Labute approximate surface area is 104 Å². The highest BCUT2D eigenvalue weighted by molar-refractivity contribution is 9.10. The molecule has 2 saturated carbocycles. The molecule has 4 unspecified atom stereocenters. The summed E-state index contributed by atoms with van der Waals surface area (Å²) in [6, 6.07) is 1.85. The fourth-order valence-corrected chi connectivity index (χ4v) is 4.07. The molecule has 1 aromatic heterocycles. The molecule has 88 valence electrons. The summed E-state index contributed by atoms with van der Waals surface area (Å²) in [5.41, 5.74) is 0. The van der Waals surface area contributed by atoms with Gasteiger partial charge in [0, 0.05) is 0 Å². The van der Waals surface area contributed by atoms with Gasteiger partial charge in [-0.25, -0.2) is 0 Å². The van der Waals surface area contributed by atoms with Gasteiger partial charge in [-0.2, -0.15) is 0 Å². The van der Waals surface area contributed by atoms with E-state index in [0.717, 1.165) is 22.7 Å². The van der Waals surface area contributed by atoms with Crippen molar-refractivity contribution in [1.82, 2.24) is 0 Å². The smallest absolute Gasteiger partial charge is 0.146 e. The van der Waals surface area contributed by atoms with Crippen LogP contribution in [-0.4, -0.2) is 5.11 Å². The summed E-state index contributed by atoms with van der Waals surface area (Å²) in [6.07, 6.45) is 7.57. The van der Waals surface area contributed by atoms with E-state index < -0.39 is 6.10 Å². The van der Waals surface area contributed by atoms with Crippen LogP contribution in [0.1, 0.15) is 44.0 Å². The van der Waals surface area contributed by atoms with E-state index in [1.807, 2.05) is 6.07 Å². The van der Waals surface area contributed by atoms with Crippen molar-refractivity contribution in [2.24, 2.45) is 17.8 Å². The molecule has 2 nitrogen and oxygen atoms in total. The van der Waals surface area contributed by atoms with Crippen molar-refractivity contribution in [1.29, 1.82) is 0 Å². The van der Waals surface area contributed by atoms with E-state index in [0.29, 0.717) is 11.7 Å². The van der Waals surface area contributed by atoms with E-state index in [1.165, 1.54) is 25.7 Å². The van der Waals surface area contributed by atoms with Crippen LogP contribution in [0.4, 0.5) is 0 Å². The first-order chi connectivity index (χ1) is 7.74. The molecule has 16 heavy (non-hydrogen) atoms. The summed E-state index contributed by atoms with van der Waals surface area (Å²) in [7, 11) is 0. The predicted octanol–water partition coefficient (Wildman–Crippen LogP) is 3.90. The molecule has 1 aromatic rings. The largest absolute Gasteiger partial charge is 0.465 e. The molecule has 0 radical (unpaired) electrons. The first-order valence-electron chi connectivity index (χ1n) is 6.15. The SMILES string of the molecule is OC(CC1CC2CCC1C2)c1occc1Br. The summed E-state index contributed by atoms with van der Waals surface area (Å²) in [4.78, 5) is 0. The fourth-order valence-electron chi connectivity index (χ4n) is 3.60. The molecule has 1 N–H and O–H groups in total. The molecule has 1 heterocycles. The van der Waals surface area contributed by atoms with Gasteiger partial charge in [0.2, 0.25) is 0 Å². The number of furan rings is 1. The highest BCUT2D eigenvalue weighted by Crippen LogP contribution is 2.51. The molecule has 0 amide bonds. The predicted molar refractivity (Wildman–Crippen MR) is 64.9 cm³/mol. The van der Waals surface area contributed by atoms with Crippen molar-refractivity contribution < 1.29 is 9.52 Å². The lowest BCUT2D eigenvalue weighted by atomic mass is 9.84. The Morgan fingerprint density at radius 1 is 1.44 bits per heavy atom. The molecule has 0 spiro atoms. The van der Waals surface area contributed by atoms with Crippen molar-refractivity contribution in [3.8, 4) is 0 Å². The summed E-state index contributed by atoms with van der Waals surface area (Å²) in [5.74, 6) is 3.23. The molecule has 2 aliphatic carbocycles. The molecule has 2 aliphatic rings. The maximum atomic E-state index is 10.2. The topological polar surface area (TPSA) is 33.4 Å². The van der Waals surface area contributed by atoms with Gasteiger partial charge >= 0.3 is 0 Å². The lowest BCUT2D eigenvalue weighted by Crippen LogP contribution is -2.14. The minimum atomic E-state index is -0.436. The molecular weight excluding hydrogens is 268 g/mol. The molecule has 0 aromatic carbocycles. The zero-order chi connectivity index (χ0) is 11.1. The Morgan fingerprint density at radius 2 is 2.31 bits per heavy atom. The highest BCUT2D eigenvalue weighted by atomic mass is 79.9. The second-order valence-corrected chi connectivity index (χ2v) is 6.17. The van der Waals surface area contributed by atoms with Crippen molar-refractivity contribution in [3.63, 3.8) is 0 Å². The van der Waals surface area contributed by atoms with Crippen LogP contribution in [0.2, 0.25) is 0 Å². The number of aliphatic hydroxyl groups is 1. The summed E-state index contributed by atoms with van der Waals surface area (Å²) in [5, 5.41) is 10.2. The maximum absolute atomic E-state index is 10.2. The molecule has 0 saturated heterocycles. The van der Waals surface area contributed by atoms with Crippen molar-refractivity contribution in [3.05, 3.63) is 22.6 Å². The zero-order valence-electron chi connectivity index (χ0n) is 9.23. The average Bonchev–Trinajstić information content (AvgIpc) is 2.92. The fraction of sp³-hybridized carbons (Fsp3) is 0.692. The first kappa shape index (κ1) is 10.8. The van der Waals surface area contributed by atoms with Crippen LogP contribution in [0.3, 0.4) is 0 Å². The van der Waals surface area contributed by atoms with Crippen LogP contribution in [0.25, 0.3) is 0 Å². The Hall–Kier alpha value is -0.280. The molecule has 2 fully saturated rings. The minimum Gasteiger partial charge on any atom is -0.465 e. The Bertz CT molecular complexity index is 374. The quantitative estimate of drug-likeness (QED) is 0.913. The van der Waals surface area contributed by atoms with Crippen LogP contribution < -0.4 is 0 Å². The molecule has 4 atom stereocenters. The van der Waals surface area contributed by atoms with E-state index in [9.17, 15) is 5.11 Å². The van der Waals surface area contributed by atoms with E-state index in [-0.39, 0.29) is 0 Å². The van der Waals surface area contributed by atoms with E-state index in [4.69, 9.17) is 4.42 Å². The third-order valence-electron chi connectivity index (χ3n) is 4.36. The van der Waals surface area contributed by atoms with Crippen LogP contribution in [0.15, 0.2) is 21.2 Å². The second-order valence-electron chi connectivity index (χ2n) is 5.32. The van der Waals surface area contributed by atoms with Crippen LogP contribution in [0.5, 0.6) is 0 Å². The van der Waals surface area contributed by atoms with Gasteiger partial charge in [0.05, 0.1) is 10.7 Å². The van der Waals surface area contributed by atoms with Crippen LogP contribution in [-0.2, 0) is 0 Å². The summed E-state index contributed by atoms with van der Waals surface area (Å²) in [6.45, 7) is 0. The number of halogens is 1. The number of fused-ring (bicyclic) bond motifs is 2. The second kappa shape index (κ2) is 4.19. The van der Waals surface area contributed by atoms with Gasteiger partial charge in [-0.3, -0.25) is 0 Å². The van der Waals surface area contributed by atoms with Gasteiger partial charge in [0.25, 0.3) is 0 Å². The standard InChI is InChI=1S/C13H17BrO2/c14-11-3-4-16-13(11)12(15)7-10-6-8-1-2-9(10)5-8/h3-4,8-10,12,15H,1-2,5-7H2. The van der Waals surface area contributed by atoms with Gasteiger partial charge in [-0.15, -0.1) is 0 Å². The van der Waals surface area contributed by atoms with E-state index in [1.54, 1.807) is 6.26 Å². The molecule has 3 heteroatoms. The third kappa shape index (κ3) is 1.84. The molecular formula is C13H17BrO2. The normalized spacial score (nSPS) is 34.5. The van der Waals surface area contributed by atoms with Gasteiger partial charge in [-0.05, 0) is 65.4 Å². The number of hydrogen-bond acceptors (Lipinski definition) is 2. The Morgan fingerprint density at radius 3 is 2.88 bits per heavy atom. The lowest BCUT2D eigenvalue weighted by molar-refractivity contribution is 0.104. The van der Waals surface area contributed by atoms with Gasteiger partial charge in [-0.1, -0.05) is 6.42 Å². The Kier molecular flexibility index (Phi) is 2.84. The van der Waals surface area contributed by atoms with E-state index >= 15 is 0 Å². The van der Waals surface area contributed by atoms with Crippen molar-refractivity contribution in [2.45, 2.75) is 38.2 Å². The van der Waals surface area contributed by atoms with Crippen molar-refractivity contribution in [2.75, 3.05) is 0 Å². The lowest BCUT2D eigenvalue weighted by Gasteiger charge is -2.23. The van der Waals surface area contributed by atoms with E-state index in [2.05, 4.69) is 15.9 Å². The first-order valence-corrected chi connectivity index (χ1v) is 6.94. The van der Waals surface area contributed by atoms with Gasteiger partial charge in [0.15, 0.2) is 0 Å². The Balaban J connectivity index is 1.65. The third-order valence-corrected chi connectivity index (χ3v) is 5.01. The summed E-state index contributed by atoms with van der Waals surface area (Å²) < 4.78 is 6.21. The number of aliphatic hydroxyl groups excluding tert-OH is 1.